The van der Waals surface area contributed by atoms with Gasteiger partial charge in [0.25, 0.3) is 5.91 Å². The molecule has 1 saturated carbocycles. The molecule has 5 heteroatoms. The summed E-state index contributed by atoms with van der Waals surface area (Å²) in [7, 11) is 0. The maximum absolute atomic E-state index is 12.8. The van der Waals surface area contributed by atoms with E-state index in [9.17, 15) is 9.59 Å². The number of carbonyl (C=O) groups excluding carboxylic acids is 2. The molecule has 110 valence electrons. The van der Waals surface area contributed by atoms with Crippen molar-refractivity contribution in [3.05, 3.63) is 22.4 Å². The molecule has 1 aliphatic heterocycles. The molecule has 21 heavy (non-hydrogen) atoms. The lowest BCUT2D eigenvalue weighted by Crippen LogP contribution is -2.41. The van der Waals surface area contributed by atoms with Crippen LogP contribution in [0, 0.1) is 5.92 Å². The number of hydrogen-bond donors (Lipinski definition) is 0. The molecule has 0 N–H and O–H groups in total. The predicted molar refractivity (Wildman–Crippen MR) is 86.1 cm³/mol. The number of likely N-dealkylation sites (tertiary alicyclic amines) is 1. The normalized spacial score (nSPS) is 26.1. The Bertz CT molecular complexity index is 674. The van der Waals surface area contributed by atoms with Gasteiger partial charge in [-0.05, 0) is 43.2 Å². The van der Waals surface area contributed by atoms with Gasteiger partial charge >= 0.3 is 0 Å². The minimum atomic E-state index is 0.0949. The molecule has 0 spiro atoms. The van der Waals surface area contributed by atoms with Gasteiger partial charge in [0.05, 0.1) is 4.88 Å². The summed E-state index contributed by atoms with van der Waals surface area (Å²) >= 11 is 3.26. The van der Waals surface area contributed by atoms with Gasteiger partial charge in [0, 0.05) is 34.3 Å². The van der Waals surface area contributed by atoms with Crippen molar-refractivity contribution in [3.8, 4) is 0 Å². The van der Waals surface area contributed by atoms with Crippen LogP contribution in [-0.4, -0.2) is 29.2 Å². The Kier molecular flexibility index (Phi) is 3.34. The van der Waals surface area contributed by atoms with Crippen LogP contribution >= 0.6 is 22.7 Å². The summed E-state index contributed by atoms with van der Waals surface area (Å²) in [4.78, 5) is 27.7. The first kappa shape index (κ1) is 13.5. The number of nitrogens with zero attached hydrogens (tertiary/aromatic N) is 1. The summed E-state index contributed by atoms with van der Waals surface area (Å²) in [5, 5.41) is 2.06. The molecule has 1 amide bonds. The van der Waals surface area contributed by atoms with Crippen LogP contribution in [0.15, 0.2) is 17.5 Å². The monoisotopic (exact) mass is 319 g/mol. The molecule has 1 saturated heterocycles. The van der Waals surface area contributed by atoms with Gasteiger partial charge in [-0.25, -0.2) is 0 Å². The van der Waals surface area contributed by atoms with Crippen LogP contribution in [0.5, 0.6) is 0 Å². The van der Waals surface area contributed by atoms with Gasteiger partial charge < -0.3 is 4.90 Å². The van der Waals surface area contributed by atoms with Crippen molar-refractivity contribution in [2.24, 2.45) is 5.92 Å². The van der Waals surface area contributed by atoms with Crippen molar-refractivity contribution in [1.29, 1.82) is 0 Å². The molecule has 2 aromatic rings. The van der Waals surface area contributed by atoms with Gasteiger partial charge in [0.2, 0.25) is 0 Å². The molecule has 2 atom stereocenters. The fraction of sp³-hybridized carbons (Fsp3) is 0.500. The Morgan fingerprint density at radius 3 is 2.90 bits per heavy atom. The van der Waals surface area contributed by atoms with Crippen LogP contribution in [0.2, 0.25) is 0 Å². The Morgan fingerprint density at radius 2 is 2.14 bits per heavy atom. The van der Waals surface area contributed by atoms with E-state index in [0.29, 0.717) is 12.2 Å². The van der Waals surface area contributed by atoms with E-state index in [1.807, 2.05) is 11.0 Å². The molecular weight excluding hydrogens is 302 g/mol. The van der Waals surface area contributed by atoms with Crippen LogP contribution in [0.3, 0.4) is 0 Å². The summed E-state index contributed by atoms with van der Waals surface area (Å²) in [6.07, 6.45) is 4.68. The molecule has 0 radical (unpaired) electrons. The zero-order valence-corrected chi connectivity index (χ0v) is 13.3. The van der Waals surface area contributed by atoms with Crippen LogP contribution in [0.25, 0.3) is 9.40 Å². The molecule has 4 rings (SSSR count). The summed E-state index contributed by atoms with van der Waals surface area (Å²) in [5.74, 6) is 0.593. The Labute approximate surface area is 131 Å². The SMILES string of the molecule is O=C1CCCC1C1CCCN1C(=O)c1cc2sccc2s1. The molecule has 3 heterocycles. The highest BCUT2D eigenvalue weighted by Gasteiger charge is 2.40. The number of ketones is 1. The van der Waals surface area contributed by atoms with Gasteiger partial charge in [0.15, 0.2) is 0 Å². The van der Waals surface area contributed by atoms with Crippen LogP contribution in [-0.2, 0) is 4.79 Å². The van der Waals surface area contributed by atoms with Crippen molar-refractivity contribution in [1.82, 2.24) is 4.90 Å². The summed E-state index contributed by atoms with van der Waals surface area (Å²) in [6, 6.07) is 4.23. The van der Waals surface area contributed by atoms with Crippen molar-refractivity contribution >= 4 is 43.8 Å². The smallest absolute Gasteiger partial charge is 0.264 e. The van der Waals surface area contributed by atoms with Gasteiger partial charge in [-0.2, -0.15) is 0 Å². The Hall–Kier alpha value is -1.20. The lowest BCUT2D eigenvalue weighted by atomic mass is 9.95. The highest BCUT2D eigenvalue weighted by atomic mass is 32.1. The first-order valence-corrected chi connectivity index (χ1v) is 9.24. The first-order valence-electron chi connectivity index (χ1n) is 7.55. The molecule has 1 aliphatic carbocycles. The maximum atomic E-state index is 12.8. The molecule has 0 bridgehead atoms. The van der Waals surface area contributed by atoms with Crippen molar-refractivity contribution < 1.29 is 9.59 Å². The molecule has 2 fully saturated rings. The topological polar surface area (TPSA) is 37.4 Å². The minimum absolute atomic E-state index is 0.0949. The van der Waals surface area contributed by atoms with Gasteiger partial charge in [-0.3, -0.25) is 9.59 Å². The van der Waals surface area contributed by atoms with Crippen LogP contribution in [0.1, 0.15) is 41.8 Å². The fourth-order valence-corrected chi connectivity index (χ4v) is 5.79. The van der Waals surface area contributed by atoms with Gasteiger partial charge in [0.1, 0.15) is 5.78 Å². The average Bonchev–Trinajstić information content (AvgIpc) is 3.20. The summed E-state index contributed by atoms with van der Waals surface area (Å²) in [5.41, 5.74) is 0. The minimum Gasteiger partial charge on any atom is -0.334 e. The van der Waals surface area contributed by atoms with Crippen LogP contribution in [0.4, 0.5) is 0 Å². The van der Waals surface area contributed by atoms with E-state index in [1.54, 1.807) is 22.7 Å². The third-order valence-corrected chi connectivity index (χ3v) is 6.81. The highest BCUT2D eigenvalue weighted by Crippen LogP contribution is 2.36. The summed E-state index contributed by atoms with van der Waals surface area (Å²) in [6.45, 7) is 0.804. The average molecular weight is 319 g/mol. The summed E-state index contributed by atoms with van der Waals surface area (Å²) < 4.78 is 2.38. The zero-order chi connectivity index (χ0) is 14.4. The molecule has 3 nitrogen and oxygen atoms in total. The maximum Gasteiger partial charge on any atom is 0.264 e. The van der Waals surface area contributed by atoms with Crippen molar-refractivity contribution in [3.63, 3.8) is 0 Å². The molecule has 2 unspecified atom stereocenters. The first-order chi connectivity index (χ1) is 10.2. The van der Waals surface area contributed by atoms with E-state index < -0.39 is 0 Å². The molecule has 2 aromatic heterocycles. The van der Waals surface area contributed by atoms with E-state index in [0.717, 1.165) is 37.1 Å². The number of thiophene rings is 2. The predicted octanol–water partition coefficient (Wildman–Crippen LogP) is 3.94. The van der Waals surface area contributed by atoms with E-state index in [4.69, 9.17) is 0 Å². The second kappa shape index (κ2) is 5.21. The standard InChI is InChI=1S/C16H17NO2S2/c18-12-5-1-3-10(12)11-4-2-7-17(11)16(19)15-9-14-13(21-15)6-8-20-14/h6,8-11H,1-5,7H2. The van der Waals surface area contributed by atoms with E-state index in [1.165, 1.54) is 9.40 Å². The third kappa shape index (κ3) is 2.23. The van der Waals surface area contributed by atoms with E-state index >= 15 is 0 Å². The number of hydrogen-bond acceptors (Lipinski definition) is 4. The molecule has 0 aromatic carbocycles. The lowest BCUT2D eigenvalue weighted by molar-refractivity contribution is -0.121. The number of Topliss-reactive ketones (excluding diaryl/α,β-unsaturated/α-hetero) is 1. The Balaban J connectivity index is 1.60. The van der Waals surface area contributed by atoms with Gasteiger partial charge in [-0.15, -0.1) is 22.7 Å². The molecular formula is C16H17NO2S2. The largest absolute Gasteiger partial charge is 0.334 e. The lowest BCUT2D eigenvalue weighted by Gasteiger charge is -2.28. The fourth-order valence-electron chi connectivity index (χ4n) is 3.73. The second-order valence-corrected chi connectivity index (χ2v) is 7.96. The van der Waals surface area contributed by atoms with Crippen LogP contribution < -0.4 is 0 Å². The van der Waals surface area contributed by atoms with Gasteiger partial charge in [-0.1, -0.05) is 0 Å². The Morgan fingerprint density at radius 1 is 1.24 bits per heavy atom. The number of fused-ring (bicyclic) bond motifs is 1. The zero-order valence-electron chi connectivity index (χ0n) is 11.7. The second-order valence-electron chi connectivity index (χ2n) is 5.93. The van der Waals surface area contributed by atoms with E-state index in [2.05, 4.69) is 11.4 Å². The number of rotatable bonds is 2. The third-order valence-electron chi connectivity index (χ3n) is 4.73. The van der Waals surface area contributed by atoms with Crippen molar-refractivity contribution in [2.75, 3.05) is 6.54 Å². The number of amides is 1. The molecule has 2 aliphatic rings. The van der Waals surface area contributed by atoms with Crippen molar-refractivity contribution in [2.45, 2.75) is 38.1 Å². The highest BCUT2D eigenvalue weighted by molar-refractivity contribution is 7.27. The quantitative estimate of drug-likeness (QED) is 0.841. The number of carbonyl (C=O) groups is 2. The van der Waals surface area contributed by atoms with E-state index in [-0.39, 0.29) is 17.9 Å².